The Morgan fingerprint density at radius 3 is 2.33 bits per heavy atom. The van der Waals surface area contributed by atoms with E-state index in [1.165, 1.54) is 6.29 Å². The topological polar surface area (TPSA) is 183 Å². The van der Waals surface area contributed by atoms with Crippen LogP contribution in [0.5, 0.6) is 0 Å². The molecule has 0 aliphatic rings. The van der Waals surface area contributed by atoms with Gasteiger partial charge in [0, 0.05) is 12.5 Å². The number of sulfonamides is 1. The molecule has 0 saturated carbocycles. The fourth-order valence-corrected chi connectivity index (χ4v) is 3.23. The van der Waals surface area contributed by atoms with E-state index < -0.39 is 60.1 Å². The third kappa shape index (κ3) is 6.38. The number of nitrogens with one attached hydrogen (secondary N) is 2. The largest absolute Gasteiger partial charge is 0.475 e. The average Bonchev–Trinajstić information content (AvgIpc) is 2.51. The molecule has 1 aromatic carbocycles. The second kappa shape index (κ2) is 8.18. The first-order chi connectivity index (χ1) is 12.3. The van der Waals surface area contributed by atoms with Crippen LogP contribution in [0.1, 0.15) is 27.2 Å². The van der Waals surface area contributed by atoms with Gasteiger partial charge in [0.2, 0.25) is 16.3 Å². The summed E-state index contributed by atoms with van der Waals surface area (Å²) in [7, 11) is -4.61. The van der Waals surface area contributed by atoms with Crippen LogP contribution in [-0.2, 0) is 19.6 Å². The molecule has 0 unspecified atom stereocenters. The Bertz CT molecular complexity index is 876. The molecule has 0 saturated heterocycles. The first-order valence-corrected chi connectivity index (χ1v) is 8.84. The predicted molar refractivity (Wildman–Crippen MR) is 92.7 cm³/mol. The summed E-state index contributed by atoms with van der Waals surface area (Å²) in [6.45, 7) is 4.93. The monoisotopic (exact) mass is 401 g/mol. The van der Waals surface area contributed by atoms with Crippen molar-refractivity contribution in [3.05, 3.63) is 38.4 Å². The molecule has 0 heterocycles. The van der Waals surface area contributed by atoms with Crippen LogP contribution in [0.15, 0.2) is 23.1 Å². The zero-order chi connectivity index (χ0) is 21.0. The van der Waals surface area contributed by atoms with Gasteiger partial charge in [-0.2, -0.15) is 4.72 Å². The van der Waals surface area contributed by atoms with Crippen molar-refractivity contribution in [1.82, 2.24) is 4.72 Å². The van der Waals surface area contributed by atoms with Crippen molar-refractivity contribution in [3.63, 3.8) is 0 Å². The second-order valence-electron chi connectivity index (χ2n) is 6.30. The number of rotatable bonds is 8. The summed E-state index contributed by atoms with van der Waals surface area (Å²) in [6, 6.07) is 0.433. The zero-order valence-electron chi connectivity index (χ0n) is 14.6. The highest BCUT2D eigenvalue weighted by atomic mass is 32.2. The number of nitro benzene ring substituents is 2. The van der Waals surface area contributed by atoms with Crippen LogP contribution < -0.4 is 4.72 Å². The van der Waals surface area contributed by atoms with Gasteiger partial charge in [0.15, 0.2) is 10.8 Å². The van der Waals surface area contributed by atoms with E-state index in [0.717, 1.165) is 6.07 Å². The van der Waals surface area contributed by atoms with Gasteiger partial charge in [0.05, 0.1) is 22.0 Å². The lowest BCUT2D eigenvalue weighted by molar-refractivity contribution is -0.396. The molecule has 0 fully saturated rings. The Morgan fingerprint density at radius 1 is 1.30 bits per heavy atom. The fraction of sp³-hybridized carbons (Fsp3) is 0.429. The Balaban J connectivity index is 3.15. The van der Waals surface area contributed by atoms with Gasteiger partial charge in [-0.25, -0.2) is 8.42 Å². The van der Waals surface area contributed by atoms with Crippen LogP contribution in [0, 0.1) is 25.6 Å². The summed E-state index contributed by atoms with van der Waals surface area (Å²) in [5.41, 5.74) is -2.44. The van der Waals surface area contributed by atoms with Gasteiger partial charge in [0.1, 0.15) is 5.60 Å². The number of benzene rings is 1. The summed E-state index contributed by atoms with van der Waals surface area (Å²) in [5.74, 6) is -0.392. The van der Waals surface area contributed by atoms with E-state index in [4.69, 9.17) is 10.1 Å². The number of non-ortho nitro benzene ring substituents is 1. The van der Waals surface area contributed by atoms with Crippen molar-refractivity contribution in [1.29, 1.82) is 5.41 Å². The fourth-order valence-electron chi connectivity index (χ4n) is 1.94. The van der Waals surface area contributed by atoms with Gasteiger partial charge in [-0.3, -0.25) is 30.4 Å². The minimum Gasteiger partial charge on any atom is -0.475 e. The van der Waals surface area contributed by atoms with Crippen molar-refractivity contribution in [3.8, 4) is 0 Å². The Labute approximate surface area is 154 Å². The van der Waals surface area contributed by atoms with Gasteiger partial charge in [0.25, 0.3) is 11.4 Å². The quantitative estimate of drug-likeness (QED) is 0.284. The Morgan fingerprint density at radius 2 is 1.89 bits per heavy atom. The highest BCUT2D eigenvalue weighted by Crippen LogP contribution is 2.28. The van der Waals surface area contributed by atoms with Crippen LogP contribution in [0.4, 0.5) is 11.4 Å². The Hall–Kier alpha value is -2.93. The maximum atomic E-state index is 12.4. The molecule has 27 heavy (non-hydrogen) atoms. The molecule has 0 aromatic heterocycles. The number of nitrogens with zero attached hydrogens (tertiary/aromatic N) is 2. The standard InChI is InChI=1S/C14H17N4O8S/c1-14(2,3)26-13(15)6-9(8-19)16-27(24,25)12-5-4-10(17(20)21)7-11(12)18(22)23/h4-5,7,9,15-16H,6H2,1-3H3/t9-/m0/s1. The number of nitro groups is 2. The van der Waals surface area contributed by atoms with E-state index >= 15 is 0 Å². The smallest absolute Gasteiger partial charge is 0.296 e. The average molecular weight is 401 g/mol. The lowest BCUT2D eigenvalue weighted by Gasteiger charge is -2.22. The van der Waals surface area contributed by atoms with Gasteiger partial charge in [-0.1, -0.05) is 0 Å². The summed E-state index contributed by atoms with van der Waals surface area (Å²) in [5, 5.41) is 29.5. The molecular weight excluding hydrogens is 384 g/mol. The molecule has 147 valence electrons. The van der Waals surface area contributed by atoms with Crippen LogP contribution in [0.3, 0.4) is 0 Å². The number of ether oxygens (including phenoxy) is 1. The SMILES string of the molecule is CC(C)(C)OC(=N)C[C@@H]([C]=O)NS(=O)(=O)c1ccc([N+](=O)[O-])cc1[N+](=O)[O-]. The minimum atomic E-state index is -4.61. The molecule has 13 heteroatoms. The van der Waals surface area contributed by atoms with E-state index in [9.17, 15) is 33.4 Å². The van der Waals surface area contributed by atoms with Crippen LogP contribution in [-0.4, -0.2) is 42.1 Å². The normalized spacial score (nSPS) is 12.9. The molecule has 1 aromatic rings. The van der Waals surface area contributed by atoms with E-state index in [0.29, 0.717) is 12.1 Å². The molecule has 0 bridgehead atoms. The van der Waals surface area contributed by atoms with Crippen LogP contribution in [0.2, 0.25) is 0 Å². The third-order valence-corrected chi connectivity index (χ3v) is 4.42. The lowest BCUT2D eigenvalue weighted by Crippen LogP contribution is -2.39. The van der Waals surface area contributed by atoms with Crippen LogP contribution >= 0.6 is 0 Å². The summed E-state index contributed by atoms with van der Waals surface area (Å²) < 4.78 is 31.9. The number of carbonyl (C=O) groups excluding carboxylic acids is 1. The summed E-state index contributed by atoms with van der Waals surface area (Å²) >= 11 is 0. The molecule has 0 aliphatic heterocycles. The maximum absolute atomic E-state index is 12.4. The number of hydrogen-bond donors (Lipinski definition) is 2. The van der Waals surface area contributed by atoms with Crippen molar-refractivity contribution >= 4 is 33.6 Å². The van der Waals surface area contributed by atoms with Crippen molar-refractivity contribution in [2.45, 2.75) is 43.7 Å². The van der Waals surface area contributed by atoms with E-state index in [1.54, 1.807) is 20.8 Å². The Kier molecular flexibility index (Phi) is 6.70. The van der Waals surface area contributed by atoms with E-state index in [-0.39, 0.29) is 0 Å². The van der Waals surface area contributed by atoms with Crippen molar-refractivity contribution in [2.24, 2.45) is 0 Å². The van der Waals surface area contributed by atoms with E-state index in [2.05, 4.69) is 0 Å². The highest BCUT2D eigenvalue weighted by molar-refractivity contribution is 7.89. The van der Waals surface area contributed by atoms with E-state index in [1.807, 2.05) is 4.72 Å². The van der Waals surface area contributed by atoms with Crippen molar-refractivity contribution < 1.29 is 27.8 Å². The minimum absolute atomic E-state index is 0.392. The zero-order valence-corrected chi connectivity index (χ0v) is 15.4. The molecule has 2 N–H and O–H groups in total. The first-order valence-electron chi connectivity index (χ1n) is 7.36. The lowest BCUT2D eigenvalue weighted by atomic mass is 10.2. The van der Waals surface area contributed by atoms with Crippen LogP contribution in [0.25, 0.3) is 0 Å². The summed E-state index contributed by atoms with van der Waals surface area (Å²) in [4.78, 5) is 30.0. The highest BCUT2D eigenvalue weighted by Gasteiger charge is 2.31. The first kappa shape index (κ1) is 22.1. The van der Waals surface area contributed by atoms with Gasteiger partial charge < -0.3 is 4.74 Å². The molecule has 12 nitrogen and oxygen atoms in total. The molecule has 1 atom stereocenters. The molecular formula is C14H17N4O8S. The van der Waals surface area contributed by atoms with Gasteiger partial charge in [-0.15, -0.1) is 0 Å². The molecule has 1 rings (SSSR count). The molecule has 0 aliphatic carbocycles. The third-order valence-electron chi connectivity index (χ3n) is 2.90. The van der Waals surface area contributed by atoms with Gasteiger partial charge in [-0.05, 0) is 26.8 Å². The second-order valence-corrected chi connectivity index (χ2v) is 7.98. The number of hydrogen-bond acceptors (Lipinski definition) is 9. The molecule has 0 spiro atoms. The maximum Gasteiger partial charge on any atom is 0.296 e. The predicted octanol–water partition coefficient (Wildman–Crippen LogP) is 1.44. The van der Waals surface area contributed by atoms with Gasteiger partial charge >= 0.3 is 0 Å². The molecule has 0 amide bonds. The van der Waals surface area contributed by atoms with Crippen molar-refractivity contribution in [2.75, 3.05) is 0 Å². The summed E-state index contributed by atoms with van der Waals surface area (Å²) in [6.07, 6.45) is 0.912. The molecule has 1 radical (unpaired) electrons.